The van der Waals surface area contributed by atoms with Crippen molar-refractivity contribution in [2.45, 2.75) is 39.9 Å². The summed E-state index contributed by atoms with van der Waals surface area (Å²) in [6.45, 7) is 7.23. The third kappa shape index (κ3) is 4.70. The average molecular weight is 302 g/mol. The molecule has 22 heavy (non-hydrogen) atoms. The van der Waals surface area contributed by atoms with Crippen molar-refractivity contribution in [2.24, 2.45) is 17.8 Å². The molecule has 4 atom stereocenters. The first kappa shape index (κ1) is 16.8. The highest BCUT2D eigenvalue weighted by Crippen LogP contribution is 2.23. The van der Waals surface area contributed by atoms with Crippen LogP contribution in [0, 0.1) is 17.8 Å². The van der Waals surface area contributed by atoms with E-state index in [1.807, 2.05) is 37.3 Å². The predicted octanol–water partition coefficient (Wildman–Crippen LogP) is 3.98. The summed E-state index contributed by atoms with van der Waals surface area (Å²) in [7, 11) is 0. The number of allylic oxidation sites excluding steroid dienone is 1. The van der Waals surface area contributed by atoms with Gasteiger partial charge in [-0.1, -0.05) is 63.3 Å². The zero-order valence-corrected chi connectivity index (χ0v) is 13.7. The van der Waals surface area contributed by atoms with Gasteiger partial charge in [-0.05, 0) is 11.5 Å². The molecule has 1 aliphatic heterocycles. The smallest absolute Gasteiger partial charge is 0.309 e. The Labute approximate surface area is 133 Å². The summed E-state index contributed by atoms with van der Waals surface area (Å²) in [5.74, 6) is 0.226. The Bertz CT molecular complexity index is 495. The van der Waals surface area contributed by atoms with Crippen LogP contribution in [0.3, 0.4) is 0 Å². The number of hydrogen-bond acceptors (Lipinski definition) is 3. The molecular formula is C19H26O3. The molecule has 120 valence electrons. The fourth-order valence-electron chi connectivity index (χ4n) is 2.51. The molecule has 3 nitrogen and oxygen atoms in total. The number of carbonyl (C=O) groups excluding carboxylic acids is 1. The van der Waals surface area contributed by atoms with Gasteiger partial charge in [0.15, 0.2) is 0 Å². The molecule has 0 saturated heterocycles. The second kappa shape index (κ2) is 8.14. The van der Waals surface area contributed by atoms with Crippen LogP contribution < -0.4 is 0 Å². The molecule has 3 heteroatoms. The average Bonchev–Trinajstić information content (AvgIpc) is 2.52. The third-order valence-electron chi connectivity index (χ3n) is 4.36. The quantitative estimate of drug-likeness (QED) is 0.609. The Morgan fingerprint density at radius 3 is 2.73 bits per heavy atom. The second-order valence-electron chi connectivity index (χ2n) is 6.26. The summed E-state index contributed by atoms with van der Waals surface area (Å²) in [5, 5.41) is 0. The Morgan fingerprint density at radius 2 is 2.00 bits per heavy atom. The fourth-order valence-corrected chi connectivity index (χ4v) is 2.51. The molecule has 0 bridgehead atoms. The van der Waals surface area contributed by atoms with Gasteiger partial charge in [0, 0.05) is 12.3 Å². The van der Waals surface area contributed by atoms with E-state index in [0.717, 1.165) is 12.0 Å². The van der Waals surface area contributed by atoms with Crippen molar-refractivity contribution in [3.8, 4) is 0 Å². The van der Waals surface area contributed by atoms with Crippen molar-refractivity contribution in [3.63, 3.8) is 0 Å². The van der Waals surface area contributed by atoms with Gasteiger partial charge in [-0.2, -0.15) is 0 Å². The van der Waals surface area contributed by atoms with E-state index in [1.165, 1.54) is 0 Å². The Balaban J connectivity index is 1.84. The molecule has 0 aliphatic carbocycles. The maximum atomic E-state index is 12.1. The van der Waals surface area contributed by atoms with Gasteiger partial charge in [-0.3, -0.25) is 4.79 Å². The maximum absolute atomic E-state index is 12.1. The molecular weight excluding hydrogens is 276 g/mol. The van der Waals surface area contributed by atoms with Gasteiger partial charge in [-0.15, -0.1) is 0 Å². The third-order valence-corrected chi connectivity index (χ3v) is 4.36. The Hall–Kier alpha value is -1.61. The SMILES string of the molecule is C[C@H](COCc1ccccc1)[C@@H]1C/C=C\[C@H](C)[C@@H](C)C(=O)O1. The van der Waals surface area contributed by atoms with E-state index < -0.39 is 0 Å². The highest BCUT2D eigenvalue weighted by atomic mass is 16.5. The molecule has 0 amide bonds. The number of hydrogen-bond donors (Lipinski definition) is 0. The lowest BCUT2D eigenvalue weighted by Gasteiger charge is -2.27. The minimum atomic E-state index is -0.102. The van der Waals surface area contributed by atoms with Gasteiger partial charge < -0.3 is 9.47 Å². The van der Waals surface area contributed by atoms with Gasteiger partial charge in [-0.25, -0.2) is 0 Å². The highest BCUT2D eigenvalue weighted by Gasteiger charge is 2.28. The van der Waals surface area contributed by atoms with Crippen molar-refractivity contribution < 1.29 is 14.3 Å². The van der Waals surface area contributed by atoms with Gasteiger partial charge in [0.25, 0.3) is 0 Å². The Morgan fingerprint density at radius 1 is 1.27 bits per heavy atom. The normalized spacial score (nSPS) is 28.3. The largest absolute Gasteiger partial charge is 0.461 e. The van der Waals surface area contributed by atoms with Crippen LogP contribution in [-0.4, -0.2) is 18.7 Å². The fraction of sp³-hybridized carbons (Fsp3) is 0.526. The summed E-state index contributed by atoms with van der Waals surface area (Å²) in [6, 6.07) is 10.1. The highest BCUT2D eigenvalue weighted by molar-refractivity contribution is 5.73. The van der Waals surface area contributed by atoms with Crippen LogP contribution in [-0.2, 0) is 20.9 Å². The van der Waals surface area contributed by atoms with E-state index in [2.05, 4.69) is 26.0 Å². The maximum Gasteiger partial charge on any atom is 0.309 e. The van der Waals surface area contributed by atoms with Crippen molar-refractivity contribution in [1.82, 2.24) is 0 Å². The molecule has 0 spiro atoms. The van der Waals surface area contributed by atoms with Crippen LogP contribution in [0.4, 0.5) is 0 Å². The van der Waals surface area contributed by atoms with Crippen molar-refractivity contribution in [1.29, 1.82) is 0 Å². The number of benzene rings is 1. The molecule has 1 aromatic rings. The van der Waals surface area contributed by atoms with E-state index in [-0.39, 0.29) is 29.8 Å². The van der Waals surface area contributed by atoms with Crippen LogP contribution in [0.5, 0.6) is 0 Å². The number of cyclic esters (lactones) is 1. The van der Waals surface area contributed by atoms with E-state index in [0.29, 0.717) is 13.2 Å². The molecule has 2 rings (SSSR count). The summed E-state index contributed by atoms with van der Waals surface area (Å²) in [6.07, 6.45) is 4.91. The Kier molecular flexibility index (Phi) is 6.20. The summed E-state index contributed by atoms with van der Waals surface area (Å²) in [5.41, 5.74) is 1.16. The molecule has 0 unspecified atom stereocenters. The molecule has 0 aromatic heterocycles. The van der Waals surface area contributed by atoms with Crippen LogP contribution >= 0.6 is 0 Å². The lowest BCUT2D eigenvalue weighted by Crippen LogP contribution is -2.33. The van der Waals surface area contributed by atoms with E-state index in [9.17, 15) is 4.79 Å². The molecule has 0 radical (unpaired) electrons. The molecule has 1 heterocycles. The van der Waals surface area contributed by atoms with E-state index >= 15 is 0 Å². The van der Waals surface area contributed by atoms with Gasteiger partial charge in [0.2, 0.25) is 0 Å². The minimum absolute atomic E-state index is 0.0866. The van der Waals surface area contributed by atoms with Crippen LogP contribution in [0.25, 0.3) is 0 Å². The number of esters is 1. The molecule has 0 N–H and O–H groups in total. The van der Waals surface area contributed by atoms with Gasteiger partial charge in [0.05, 0.1) is 19.1 Å². The summed E-state index contributed by atoms with van der Waals surface area (Å²) < 4.78 is 11.4. The zero-order chi connectivity index (χ0) is 15.9. The van der Waals surface area contributed by atoms with Crippen molar-refractivity contribution in [3.05, 3.63) is 48.0 Å². The van der Waals surface area contributed by atoms with Gasteiger partial charge >= 0.3 is 5.97 Å². The zero-order valence-electron chi connectivity index (χ0n) is 13.7. The molecule has 1 aromatic carbocycles. The first-order valence-corrected chi connectivity index (χ1v) is 8.06. The molecule has 0 fully saturated rings. The standard InChI is InChI=1S/C19H26O3/c1-14-8-7-11-18(22-19(20)16(14)3)15(2)12-21-13-17-9-5-4-6-10-17/h4-10,14-16,18H,11-13H2,1-3H3/b8-7-/t14-,15+,16+,18-/m0/s1. The monoisotopic (exact) mass is 302 g/mol. The number of ether oxygens (including phenoxy) is 2. The number of rotatable bonds is 5. The topological polar surface area (TPSA) is 35.5 Å². The lowest BCUT2D eigenvalue weighted by atomic mass is 9.92. The first-order valence-electron chi connectivity index (χ1n) is 8.06. The summed E-state index contributed by atoms with van der Waals surface area (Å²) >= 11 is 0. The van der Waals surface area contributed by atoms with Crippen molar-refractivity contribution in [2.75, 3.05) is 6.61 Å². The van der Waals surface area contributed by atoms with E-state index in [4.69, 9.17) is 9.47 Å². The first-order chi connectivity index (χ1) is 10.6. The predicted molar refractivity (Wildman–Crippen MR) is 87.2 cm³/mol. The van der Waals surface area contributed by atoms with Crippen molar-refractivity contribution >= 4 is 5.97 Å². The minimum Gasteiger partial charge on any atom is -0.461 e. The van der Waals surface area contributed by atoms with Crippen LogP contribution in [0.1, 0.15) is 32.8 Å². The second-order valence-corrected chi connectivity index (χ2v) is 6.26. The van der Waals surface area contributed by atoms with Crippen LogP contribution in [0.2, 0.25) is 0 Å². The van der Waals surface area contributed by atoms with Gasteiger partial charge in [0.1, 0.15) is 6.10 Å². The molecule has 1 aliphatic rings. The van der Waals surface area contributed by atoms with Crippen LogP contribution in [0.15, 0.2) is 42.5 Å². The number of carbonyl (C=O) groups is 1. The lowest BCUT2D eigenvalue weighted by molar-refractivity contribution is -0.158. The summed E-state index contributed by atoms with van der Waals surface area (Å²) in [4.78, 5) is 12.1. The van der Waals surface area contributed by atoms with E-state index in [1.54, 1.807) is 0 Å². The molecule has 0 saturated carbocycles.